The third-order valence-corrected chi connectivity index (χ3v) is 2.82. The summed E-state index contributed by atoms with van der Waals surface area (Å²) in [6.07, 6.45) is 0. The molecule has 0 saturated heterocycles. The van der Waals surface area contributed by atoms with Gasteiger partial charge in [-0.05, 0) is 41.8 Å². The fourth-order valence-corrected chi connectivity index (χ4v) is 1.84. The number of benzene rings is 2. The molecule has 2 nitrogen and oxygen atoms in total. The molecule has 16 heavy (non-hydrogen) atoms. The number of hydrogen-bond donors (Lipinski definition) is 0. The van der Waals surface area contributed by atoms with Gasteiger partial charge in [0.2, 0.25) is 6.79 Å². The normalized spacial score (nSPS) is 12.8. The molecule has 0 radical (unpaired) electrons. The first-order chi connectivity index (χ1) is 7.83. The molecule has 2 aromatic carbocycles. The number of rotatable bonds is 0. The van der Waals surface area contributed by atoms with Gasteiger partial charge < -0.3 is 9.47 Å². The molecular weight excluding hydrogens is 200 g/mol. The van der Waals surface area contributed by atoms with Crippen LogP contribution in [0.1, 0.15) is 5.56 Å². The van der Waals surface area contributed by atoms with Crippen molar-refractivity contribution in [3.8, 4) is 22.6 Å². The maximum atomic E-state index is 5.58. The highest BCUT2D eigenvalue weighted by Gasteiger charge is 2.06. The summed E-state index contributed by atoms with van der Waals surface area (Å²) >= 11 is 0. The number of ether oxygens (including phenoxy) is 2. The van der Waals surface area contributed by atoms with Gasteiger partial charge in [-0.15, -0.1) is 0 Å². The summed E-state index contributed by atoms with van der Waals surface area (Å²) in [6, 6.07) is 14.3. The standard InChI is InChI=1S/C14H12O2/c1-10-2-3-12-8-14(10)16-9-15-13-6-4-11(12)5-7-13/h2-8H,9H2,1H3. The van der Waals surface area contributed by atoms with Crippen molar-refractivity contribution in [1.82, 2.24) is 0 Å². The Labute approximate surface area is 94.4 Å². The largest absolute Gasteiger partial charge is 0.458 e. The molecule has 0 atom stereocenters. The first-order valence-electron chi connectivity index (χ1n) is 5.29. The Morgan fingerprint density at radius 2 is 1.62 bits per heavy atom. The van der Waals surface area contributed by atoms with Crippen LogP contribution < -0.4 is 9.47 Å². The molecule has 0 aliphatic carbocycles. The minimum Gasteiger partial charge on any atom is -0.458 e. The molecule has 0 fully saturated rings. The maximum absolute atomic E-state index is 5.58. The predicted molar refractivity (Wildman–Crippen MR) is 62.7 cm³/mol. The van der Waals surface area contributed by atoms with Crippen molar-refractivity contribution in [2.75, 3.05) is 6.79 Å². The topological polar surface area (TPSA) is 18.5 Å². The van der Waals surface area contributed by atoms with Gasteiger partial charge in [-0.25, -0.2) is 0 Å². The van der Waals surface area contributed by atoms with Gasteiger partial charge in [0.05, 0.1) is 0 Å². The zero-order chi connectivity index (χ0) is 11.0. The molecule has 0 saturated carbocycles. The molecule has 4 bridgehead atoms. The Kier molecular flexibility index (Phi) is 2.07. The molecule has 2 aromatic rings. The molecule has 2 aliphatic rings. The summed E-state index contributed by atoms with van der Waals surface area (Å²) in [7, 11) is 0. The van der Waals surface area contributed by atoms with Gasteiger partial charge in [0, 0.05) is 0 Å². The van der Waals surface area contributed by atoms with Crippen molar-refractivity contribution in [2.24, 2.45) is 0 Å². The Bertz CT molecular complexity index is 515. The highest BCUT2D eigenvalue weighted by atomic mass is 16.7. The van der Waals surface area contributed by atoms with Crippen LogP contribution in [0.2, 0.25) is 0 Å². The second kappa shape index (κ2) is 3.56. The minimum atomic E-state index is 0.254. The molecular formula is C14H12O2. The van der Waals surface area contributed by atoms with E-state index in [0.717, 1.165) is 17.1 Å². The Morgan fingerprint density at radius 1 is 0.875 bits per heavy atom. The molecule has 2 heterocycles. The molecule has 2 aliphatic heterocycles. The lowest BCUT2D eigenvalue weighted by Crippen LogP contribution is -2.07. The van der Waals surface area contributed by atoms with E-state index in [1.54, 1.807) is 0 Å². The minimum absolute atomic E-state index is 0.254. The van der Waals surface area contributed by atoms with Gasteiger partial charge in [0.1, 0.15) is 11.5 Å². The second-order valence-electron chi connectivity index (χ2n) is 3.91. The molecule has 80 valence electrons. The van der Waals surface area contributed by atoms with Crippen LogP contribution in [0.4, 0.5) is 0 Å². The van der Waals surface area contributed by atoms with E-state index in [1.165, 1.54) is 11.1 Å². The highest BCUT2D eigenvalue weighted by molar-refractivity contribution is 5.66. The van der Waals surface area contributed by atoms with E-state index < -0.39 is 0 Å². The van der Waals surface area contributed by atoms with Gasteiger partial charge in [0.25, 0.3) is 0 Å². The fraction of sp³-hybridized carbons (Fsp3) is 0.143. The van der Waals surface area contributed by atoms with E-state index in [1.807, 2.05) is 19.1 Å². The van der Waals surface area contributed by atoms with E-state index in [-0.39, 0.29) is 6.79 Å². The molecule has 0 N–H and O–H groups in total. The van der Waals surface area contributed by atoms with E-state index in [4.69, 9.17) is 9.47 Å². The monoisotopic (exact) mass is 212 g/mol. The van der Waals surface area contributed by atoms with Crippen molar-refractivity contribution in [3.05, 3.63) is 48.0 Å². The summed E-state index contributed by atoms with van der Waals surface area (Å²) in [6.45, 7) is 2.29. The zero-order valence-electron chi connectivity index (χ0n) is 9.07. The Balaban J connectivity index is 2.20. The lowest BCUT2D eigenvalue weighted by atomic mass is 10.0. The van der Waals surface area contributed by atoms with Gasteiger partial charge >= 0.3 is 0 Å². The van der Waals surface area contributed by atoms with Crippen molar-refractivity contribution in [1.29, 1.82) is 0 Å². The van der Waals surface area contributed by atoms with E-state index >= 15 is 0 Å². The maximum Gasteiger partial charge on any atom is 0.230 e. The van der Waals surface area contributed by atoms with Crippen LogP contribution in [0.5, 0.6) is 11.5 Å². The van der Waals surface area contributed by atoms with Crippen LogP contribution in [-0.4, -0.2) is 6.79 Å². The first-order valence-corrected chi connectivity index (χ1v) is 5.29. The quantitative estimate of drug-likeness (QED) is 0.666. The second-order valence-corrected chi connectivity index (χ2v) is 3.91. The zero-order valence-corrected chi connectivity index (χ0v) is 9.07. The van der Waals surface area contributed by atoms with E-state index in [2.05, 4.69) is 30.3 Å². The third kappa shape index (κ3) is 1.52. The predicted octanol–water partition coefficient (Wildman–Crippen LogP) is 3.39. The van der Waals surface area contributed by atoms with Crippen LogP contribution in [0.3, 0.4) is 0 Å². The molecule has 2 heteroatoms. The van der Waals surface area contributed by atoms with Crippen LogP contribution in [-0.2, 0) is 0 Å². The highest BCUT2D eigenvalue weighted by Crippen LogP contribution is 2.29. The molecule has 0 amide bonds. The number of aryl methyl sites for hydroxylation is 1. The third-order valence-electron chi connectivity index (χ3n) is 2.82. The average Bonchev–Trinajstić information content (AvgIpc) is 2.33. The smallest absolute Gasteiger partial charge is 0.230 e. The molecule has 0 aromatic heterocycles. The Hall–Kier alpha value is -1.96. The summed E-state index contributed by atoms with van der Waals surface area (Å²) in [5, 5.41) is 0. The summed E-state index contributed by atoms with van der Waals surface area (Å²) in [5.41, 5.74) is 3.48. The van der Waals surface area contributed by atoms with Crippen molar-refractivity contribution < 1.29 is 9.47 Å². The van der Waals surface area contributed by atoms with Gasteiger partial charge in [-0.1, -0.05) is 24.3 Å². The summed E-state index contributed by atoms with van der Waals surface area (Å²) in [4.78, 5) is 0. The van der Waals surface area contributed by atoms with Crippen molar-refractivity contribution >= 4 is 0 Å². The number of fused-ring (bicyclic) bond motifs is 4. The van der Waals surface area contributed by atoms with Crippen LogP contribution in [0, 0.1) is 6.92 Å². The average molecular weight is 212 g/mol. The van der Waals surface area contributed by atoms with Crippen LogP contribution >= 0.6 is 0 Å². The van der Waals surface area contributed by atoms with Crippen molar-refractivity contribution in [3.63, 3.8) is 0 Å². The van der Waals surface area contributed by atoms with Crippen molar-refractivity contribution in [2.45, 2.75) is 6.92 Å². The van der Waals surface area contributed by atoms with E-state index in [0.29, 0.717) is 0 Å². The lowest BCUT2D eigenvalue weighted by Gasteiger charge is -2.15. The summed E-state index contributed by atoms with van der Waals surface area (Å²) in [5.74, 6) is 1.73. The van der Waals surface area contributed by atoms with Gasteiger partial charge in [0.15, 0.2) is 0 Å². The molecule has 4 rings (SSSR count). The Morgan fingerprint density at radius 3 is 2.44 bits per heavy atom. The summed E-state index contributed by atoms with van der Waals surface area (Å²) < 4.78 is 11.0. The van der Waals surface area contributed by atoms with Gasteiger partial charge in [-0.2, -0.15) is 0 Å². The van der Waals surface area contributed by atoms with E-state index in [9.17, 15) is 0 Å². The number of hydrogen-bond acceptors (Lipinski definition) is 2. The molecule has 0 spiro atoms. The van der Waals surface area contributed by atoms with Gasteiger partial charge in [-0.3, -0.25) is 0 Å². The van der Waals surface area contributed by atoms with Crippen LogP contribution in [0.15, 0.2) is 42.5 Å². The van der Waals surface area contributed by atoms with Crippen LogP contribution in [0.25, 0.3) is 11.1 Å². The lowest BCUT2D eigenvalue weighted by molar-refractivity contribution is 0.119. The SMILES string of the molecule is Cc1ccc2cc1OCOc1ccc-2cc1. The molecule has 0 unspecified atom stereocenters. The fourth-order valence-electron chi connectivity index (χ4n) is 1.84. The first kappa shape index (κ1) is 9.28.